The summed E-state index contributed by atoms with van der Waals surface area (Å²) in [6.07, 6.45) is -1.29. The minimum absolute atomic E-state index is 0.235. The van der Waals surface area contributed by atoms with E-state index in [9.17, 15) is 9.90 Å². The van der Waals surface area contributed by atoms with E-state index >= 15 is 0 Å². The Morgan fingerprint density at radius 3 is 2.81 bits per heavy atom. The van der Waals surface area contributed by atoms with Crippen LogP contribution in [-0.2, 0) is 20.8 Å². The zero-order valence-electron chi connectivity index (χ0n) is 12.0. The van der Waals surface area contributed by atoms with Crippen LogP contribution in [0.4, 0.5) is 0 Å². The topological polar surface area (TPSA) is 59.0 Å². The van der Waals surface area contributed by atoms with Crippen molar-refractivity contribution >= 4 is 17.6 Å². The first-order chi connectivity index (χ1) is 10.1. The van der Waals surface area contributed by atoms with Gasteiger partial charge in [-0.2, -0.15) is 0 Å². The predicted octanol–water partition coefficient (Wildman–Crippen LogP) is 1.77. The molecule has 0 radical (unpaired) electrons. The van der Waals surface area contributed by atoms with Crippen molar-refractivity contribution in [3.05, 3.63) is 34.3 Å². The molecule has 1 fully saturated rings. The van der Waals surface area contributed by atoms with E-state index in [4.69, 9.17) is 21.1 Å². The van der Waals surface area contributed by atoms with E-state index in [-0.39, 0.29) is 6.61 Å². The van der Waals surface area contributed by atoms with Gasteiger partial charge < -0.3 is 14.6 Å². The third kappa shape index (κ3) is 4.41. The van der Waals surface area contributed by atoms with Crippen LogP contribution in [0.2, 0.25) is 5.02 Å². The number of ether oxygens (including phenoxy) is 2. The number of aliphatic hydroxyl groups is 1. The maximum Gasteiger partial charge on any atom is 0.339 e. The molecule has 21 heavy (non-hydrogen) atoms. The summed E-state index contributed by atoms with van der Waals surface area (Å²) in [6.45, 7) is 5.89. The van der Waals surface area contributed by atoms with Crippen LogP contribution in [-0.4, -0.2) is 48.9 Å². The van der Waals surface area contributed by atoms with Crippen molar-refractivity contribution in [2.45, 2.75) is 19.6 Å². The number of nitrogens with zero attached hydrogens (tertiary/aromatic N) is 1. The fraction of sp³-hybridized carbons (Fsp3) is 0.533. The minimum atomic E-state index is -1.29. The highest BCUT2D eigenvalue weighted by atomic mass is 35.5. The molecule has 1 atom stereocenters. The van der Waals surface area contributed by atoms with Crippen molar-refractivity contribution in [3.8, 4) is 0 Å². The Balaban J connectivity index is 2.04. The van der Waals surface area contributed by atoms with Crippen molar-refractivity contribution in [1.29, 1.82) is 0 Å². The number of hydrogen-bond donors (Lipinski definition) is 1. The van der Waals surface area contributed by atoms with Crippen LogP contribution >= 0.6 is 11.6 Å². The van der Waals surface area contributed by atoms with Crippen molar-refractivity contribution < 1.29 is 19.4 Å². The van der Waals surface area contributed by atoms with Gasteiger partial charge in [-0.3, -0.25) is 4.90 Å². The number of halogens is 1. The zero-order chi connectivity index (χ0) is 15.2. The molecular formula is C15H20ClNO4. The normalized spacial score (nSPS) is 17.5. The summed E-state index contributed by atoms with van der Waals surface area (Å²) >= 11 is 6.25. The van der Waals surface area contributed by atoms with Crippen molar-refractivity contribution in [3.63, 3.8) is 0 Å². The maximum atomic E-state index is 11.5. The molecular weight excluding hydrogens is 294 g/mol. The molecule has 0 saturated carbocycles. The first kappa shape index (κ1) is 16.2. The van der Waals surface area contributed by atoms with Crippen LogP contribution in [0.5, 0.6) is 0 Å². The Morgan fingerprint density at radius 1 is 1.48 bits per heavy atom. The van der Waals surface area contributed by atoms with Gasteiger partial charge in [0.1, 0.15) is 0 Å². The second-order valence-corrected chi connectivity index (χ2v) is 5.30. The van der Waals surface area contributed by atoms with E-state index in [1.165, 1.54) is 0 Å². The van der Waals surface area contributed by atoms with Crippen molar-refractivity contribution in [2.75, 3.05) is 32.9 Å². The van der Waals surface area contributed by atoms with Gasteiger partial charge >= 0.3 is 5.97 Å². The summed E-state index contributed by atoms with van der Waals surface area (Å²) in [5, 5.41) is 10.4. The SMILES string of the molecule is CCOC(=O)C(O)c1ccc(CN2CCOCC2)c(Cl)c1. The van der Waals surface area contributed by atoms with Crippen molar-refractivity contribution in [1.82, 2.24) is 4.90 Å². The largest absolute Gasteiger partial charge is 0.464 e. The van der Waals surface area contributed by atoms with Crippen LogP contribution in [0.1, 0.15) is 24.2 Å². The quantitative estimate of drug-likeness (QED) is 0.840. The second-order valence-electron chi connectivity index (χ2n) is 4.89. The summed E-state index contributed by atoms with van der Waals surface area (Å²) < 4.78 is 10.1. The summed E-state index contributed by atoms with van der Waals surface area (Å²) in [5.41, 5.74) is 1.42. The van der Waals surface area contributed by atoms with Gasteiger partial charge in [0.05, 0.1) is 19.8 Å². The average molecular weight is 314 g/mol. The molecule has 1 aliphatic rings. The highest BCUT2D eigenvalue weighted by molar-refractivity contribution is 6.31. The van der Waals surface area contributed by atoms with Gasteiger partial charge in [-0.1, -0.05) is 23.7 Å². The minimum Gasteiger partial charge on any atom is -0.464 e. The average Bonchev–Trinajstić information content (AvgIpc) is 2.50. The van der Waals surface area contributed by atoms with Gasteiger partial charge in [0.25, 0.3) is 0 Å². The van der Waals surface area contributed by atoms with E-state index in [1.54, 1.807) is 19.1 Å². The highest BCUT2D eigenvalue weighted by Crippen LogP contribution is 2.24. The van der Waals surface area contributed by atoms with Crippen LogP contribution in [0, 0.1) is 0 Å². The van der Waals surface area contributed by atoms with Crippen LogP contribution in [0.25, 0.3) is 0 Å². The smallest absolute Gasteiger partial charge is 0.339 e. The van der Waals surface area contributed by atoms with Gasteiger partial charge in [0, 0.05) is 24.7 Å². The van der Waals surface area contributed by atoms with E-state index in [0.29, 0.717) is 10.6 Å². The first-order valence-electron chi connectivity index (χ1n) is 7.05. The van der Waals surface area contributed by atoms with E-state index in [2.05, 4.69) is 4.90 Å². The molecule has 6 heteroatoms. The molecule has 1 saturated heterocycles. The Kier molecular flexibility index (Phi) is 5.99. The fourth-order valence-electron chi connectivity index (χ4n) is 2.22. The number of aliphatic hydroxyl groups excluding tert-OH is 1. The summed E-state index contributed by atoms with van der Waals surface area (Å²) in [5.74, 6) is -0.658. The van der Waals surface area contributed by atoms with Crippen LogP contribution < -0.4 is 0 Å². The highest BCUT2D eigenvalue weighted by Gasteiger charge is 2.20. The fourth-order valence-corrected chi connectivity index (χ4v) is 2.47. The molecule has 0 aliphatic carbocycles. The number of rotatable bonds is 5. The molecule has 0 bridgehead atoms. The lowest BCUT2D eigenvalue weighted by molar-refractivity contribution is -0.153. The van der Waals surface area contributed by atoms with E-state index < -0.39 is 12.1 Å². The first-order valence-corrected chi connectivity index (χ1v) is 7.42. The number of carbonyl (C=O) groups is 1. The molecule has 116 valence electrons. The molecule has 1 aromatic carbocycles. The monoisotopic (exact) mass is 313 g/mol. The van der Waals surface area contributed by atoms with E-state index in [0.717, 1.165) is 38.4 Å². The molecule has 1 N–H and O–H groups in total. The van der Waals surface area contributed by atoms with Crippen molar-refractivity contribution in [2.24, 2.45) is 0 Å². The summed E-state index contributed by atoms with van der Waals surface area (Å²) in [6, 6.07) is 5.18. The van der Waals surface area contributed by atoms with Gasteiger partial charge in [0.15, 0.2) is 6.10 Å². The predicted molar refractivity (Wildman–Crippen MR) is 79.1 cm³/mol. The summed E-state index contributed by atoms with van der Waals surface area (Å²) in [7, 11) is 0. The lowest BCUT2D eigenvalue weighted by Crippen LogP contribution is -2.35. The van der Waals surface area contributed by atoms with Gasteiger partial charge in [-0.05, 0) is 24.1 Å². The Hall–Kier alpha value is -1.14. The number of hydrogen-bond acceptors (Lipinski definition) is 5. The molecule has 1 unspecified atom stereocenters. The number of morpholine rings is 1. The number of benzene rings is 1. The second kappa shape index (κ2) is 7.75. The zero-order valence-corrected chi connectivity index (χ0v) is 12.8. The molecule has 0 spiro atoms. The molecule has 0 amide bonds. The third-order valence-electron chi connectivity index (χ3n) is 3.40. The third-order valence-corrected chi connectivity index (χ3v) is 3.75. The number of carbonyl (C=O) groups excluding carboxylic acids is 1. The maximum absolute atomic E-state index is 11.5. The van der Waals surface area contributed by atoms with Gasteiger partial charge in [0.2, 0.25) is 0 Å². The standard InChI is InChI=1S/C15H20ClNO4/c1-2-21-15(19)14(18)11-3-4-12(13(16)9-11)10-17-5-7-20-8-6-17/h3-4,9,14,18H,2,5-8,10H2,1H3. The molecule has 0 aromatic heterocycles. The van der Waals surface area contributed by atoms with E-state index in [1.807, 2.05) is 6.07 Å². The lowest BCUT2D eigenvalue weighted by Gasteiger charge is -2.27. The summed E-state index contributed by atoms with van der Waals surface area (Å²) in [4.78, 5) is 13.8. The van der Waals surface area contributed by atoms with Gasteiger partial charge in [-0.15, -0.1) is 0 Å². The number of esters is 1. The van der Waals surface area contributed by atoms with Crippen LogP contribution in [0.15, 0.2) is 18.2 Å². The van der Waals surface area contributed by atoms with Gasteiger partial charge in [-0.25, -0.2) is 4.79 Å². The molecule has 1 heterocycles. The Morgan fingerprint density at radius 2 is 2.19 bits per heavy atom. The Labute approximate surface area is 129 Å². The van der Waals surface area contributed by atoms with Crippen LogP contribution in [0.3, 0.4) is 0 Å². The Bertz CT molecular complexity index is 489. The lowest BCUT2D eigenvalue weighted by atomic mass is 10.1. The molecule has 1 aliphatic heterocycles. The molecule has 5 nitrogen and oxygen atoms in total. The molecule has 2 rings (SSSR count). The molecule has 1 aromatic rings.